The number of hydrogen-bond acceptors (Lipinski definition) is 3. The van der Waals surface area contributed by atoms with Gasteiger partial charge >= 0.3 is 5.97 Å². The predicted molar refractivity (Wildman–Crippen MR) is 74.4 cm³/mol. The molecule has 0 spiro atoms. The molecule has 20 heavy (non-hydrogen) atoms. The van der Waals surface area contributed by atoms with Crippen LogP contribution in [0.2, 0.25) is 0 Å². The molecule has 0 radical (unpaired) electrons. The molecule has 1 amide bonds. The van der Waals surface area contributed by atoms with Gasteiger partial charge in [0.15, 0.2) is 4.67 Å². The Kier molecular flexibility index (Phi) is 3.58. The lowest BCUT2D eigenvalue weighted by atomic mass is 9.84. The van der Waals surface area contributed by atoms with Crippen molar-refractivity contribution in [2.75, 3.05) is 0 Å². The molecule has 1 aromatic heterocycles. The first-order chi connectivity index (χ1) is 9.58. The Morgan fingerprint density at radius 1 is 1.35 bits per heavy atom. The highest BCUT2D eigenvalue weighted by atomic mass is 79.9. The van der Waals surface area contributed by atoms with E-state index in [9.17, 15) is 14.7 Å². The molecule has 0 unspecified atom stereocenters. The van der Waals surface area contributed by atoms with Crippen molar-refractivity contribution in [2.24, 2.45) is 5.92 Å². The molecule has 2 aliphatic rings. The zero-order valence-electron chi connectivity index (χ0n) is 10.9. The van der Waals surface area contributed by atoms with Gasteiger partial charge in [-0.25, -0.2) is 4.79 Å². The van der Waals surface area contributed by atoms with Crippen molar-refractivity contribution in [3.63, 3.8) is 0 Å². The fourth-order valence-electron chi connectivity index (χ4n) is 3.54. The van der Waals surface area contributed by atoms with Crippen molar-refractivity contribution in [3.05, 3.63) is 22.6 Å². The van der Waals surface area contributed by atoms with Crippen LogP contribution in [-0.4, -0.2) is 34.0 Å². The van der Waals surface area contributed by atoms with Crippen molar-refractivity contribution < 1.29 is 19.1 Å². The van der Waals surface area contributed by atoms with Crippen molar-refractivity contribution in [1.29, 1.82) is 0 Å². The Bertz CT molecular complexity index is 541. The molecule has 2 fully saturated rings. The van der Waals surface area contributed by atoms with Crippen LogP contribution in [0, 0.1) is 5.92 Å². The molecule has 1 saturated heterocycles. The zero-order chi connectivity index (χ0) is 14.3. The van der Waals surface area contributed by atoms with Gasteiger partial charge in [0.1, 0.15) is 12.3 Å². The van der Waals surface area contributed by atoms with Gasteiger partial charge in [-0.1, -0.05) is 12.8 Å². The van der Waals surface area contributed by atoms with E-state index in [4.69, 9.17) is 4.42 Å². The van der Waals surface area contributed by atoms with E-state index in [1.807, 2.05) is 0 Å². The number of hydrogen-bond donors (Lipinski definition) is 1. The summed E-state index contributed by atoms with van der Waals surface area (Å²) < 4.78 is 5.58. The second kappa shape index (κ2) is 5.24. The average Bonchev–Trinajstić information content (AvgIpc) is 3.01. The number of carbonyl (C=O) groups excluding carboxylic acids is 1. The minimum Gasteiger partial charge on any atom is -0.480 e. The quantitative estimate of drug-likeness (QED) is 0.897. The molecule has 1 N–H and O–H groups in total. The molecule has 2 heterocycles. The molecular weight excluding hydrogens is 326 g/mol. The summed E-state index contributed by atoms with van der Waals surface area (Å²) in [5, 5.41) is 9.41. The topological polar surface area (TPSA) is 70.8 Å². The van der Waals surface area contributed by atoms with E-state index < -0.39 is 12.0 Å². The van der Waals surface area contributed by atoms with E-state index in [0.29, 0.717) is 22.6 Å². The summed E-state index contributed by atoms with van der Waals surface area (Å²) in [7, 11) is 0. The van der Waals surface area contributed by atoms with Crippen LogP contribution in [0.15, 0.2) is 21.4 Å². The van der Waals surface area contributed by atoms with Crippen LogP contribution in [0.5, 0.6) is 0 Å². The van der Waals surface area contributed by atoms with Crippen LogP contribution in [0.25, 0.3) is 0 Å². The van der Waals surface area contributed by atoms with Gasteiger partial charge in [0, 0.05) is 12.1 Å². The van der Waals surface area contributed by atoms with Gasteiger partial charge in [-0.2, -0.15) is 0 Å². The first kappa shape index (κ1) is 13.7. The molecule has 3 atom stereocenters. The largest absolute Gasteiger partial charge is 0.480 e. The number of fused-ring (bicyclic) bond motifs is 1. The van der Waals surface area contributed by atoms with Crippen molar-refractivity contribution in [3.8, 4) is 0 Å². The number of rotatable bonds is 2. The normalized spacial score (nSPS) is 29.2. The Balaban J connectivity index is 1.90. The number of carbonyl (C=O) groups is 2. The van der Waals surface area contributed by atoms with Gasteiger partial charge in [-0.3, -0.25) is 4.79 Å². The Morgan fingerprint density at radius 2 is 2.10 bits per heavy atom. The van der Waals surface area contributed by atoms with Crippen molar-refractivity contribution in [2.45, 2.75) is 44.2 Å². The van der Waals surface area contributed by atoms with E-state index in [-0.39, 0.29) is 11.9 Å². The number of likely N-dealkylation sites (tertiary alicyclic amines) is 1. The average molecular weight is 342 g/mol. The lowest BCUT2D eigenvalue weighted by Crippen LogP contribution is -2.46. The second-order valence-electron chi connectivity index (χ2n) is 5.55. The number of nitrogens with zero attached hydrogens (tertiary/aromatic N) is 1. The fourth-order valence-corrected chi connectivity index (χ4v) is 3.88. The molecule has 1 saturated carbocycles. The molecule has 0 bridgehead atoms. The summed E-state index contributed by atoms with van der Waals surface area (Å²) in [6, 6.07) is 0.951. The number of aliphatic carboxylic acids is 1. The molecule has 1 aliphatic heterocycles. The minimum absolute atomic E-state index is 0.0611. The SMILES string of the molecule is O=C(O)[C@@H]1C[C@@H]2CCCC[C@H]2N1C(=O)c1coc(Br)c1. The monoisotopic (exact) mass is 341 g/mol. The zero-order valence-corrected chi connectivity index (χ0v) is 12.5. The molecule has 108 valence electrons. The molecule has 1 aliphatic carbocycles. The van der Waals surface area contributed by atoms with E-state index in [0.717, 1.165) is 25.7 Å². The summed E-state index contributed by atoms with van der Waals surface area (Å²) in [6.45, 7) is 0. The predicted octanol–water partition coefficient (Wildman–Crippen LogP) is 2.90. The third-order valence-electron chi connectivity index (χ3n) is 4.42. The third-order valence-corrected chi connectivity index (χ3v) is 4.84. The first-order valence-corrected chi connectivity index (χ1v) is 7.66. The van der Waals surface area contributed by atoms with Crippen LogP contribution in [0.3, 0.4) is 0 Å². The smallest absolute Gasteiger partial charge is 0.326 e. The number of amides is 1. The van der Waals surface area contributed by atoms with E-state index >= 15 is 0 Å². The van der Waals surface area contributed by atoms with E-state index in [1.54, 1.807) is 11.0 Å². The van der Waals surface area contributed by atoms with Crippen molar-refractivity contribution in [1.82, 2.24) is 4.90 Å². The molecule has 6 heteroatoms. The lowest BCUT2D eigenvalue weighted by Gasteiger charge is -2.32. The Labute approximate surface area is 125 Å². The number of carboxylic acid groups (broad SMARTS) is 1. The summed E-state index contributed by atoms with van der Waals surface area (Å²) in [6.07, 6.45) is 6.07. The molecule has 1 aromatic rings. The highest BCUT2D eigenvalue weighted by Gasteiger charge is 2.47. The maximum Gasteiger partial charge on any atom is 0.326 e. The lowest BCUT2D eigenvalue weighted by molar-refractivity contribution is -0.141. The van der Waals surface area contributed by atoms with Gasteiger partial charge < -0.3 is 14.4 Å². The minimum atomic E-state index is -0.907. The highest BCUT2D eigenvalue weighted by molar-refractivity contribution is 9.10. The van der Waals surface area contributed by atoms with Gasteiger partial charge in [0.2, 0.25) is 0 Å². The molecule has 0 aromatic carbocycles. The Morgan fingerprint density at radius 3 is 2.75 bits per heavy atom. The highest BCUT2D eigenvalue weighted by Crippen LogP contribution is 2.40. The summed E-state index contributed by atoms with van der Waals surface area (Å²) in [4.78, 5) is 25.7. The van der Waals surface area contributed by atoms with Crippen molar-refractivity contribution >= 4 is 27.8 Å². The summed E-state index contributed by atoms with van der Waals surface area (Å²) >= 11 is 3.17. The molecule has 3 rings (SSSR count). The van der Waals surface area contributed by atoms with E-state index in [2.05, 4.69) is 15.9 Å². The Hall–Kier alpha value is -1.30. The number of furan rings is 1. The van der Waals surface area contributed by atoms with Gasteiger partial charge in [0.05, 0.1) is 5.56 Å². The third kappa shape index (κ3) is 2.26. The van der Waals surface area contributed by atoms with Gasteiger partial charge in [0.25, 0.3) is 5.91 Å². The number of carboxylic acids is 1. The standard InChI is InChI=1S/C14H16BrNO4/c15-12-6-9(7-20-12)13(17)16-10-4-2-1-3-8(10)5-11(16)14(18)19/h6-8,10-11H,1-5H2,(H,18,19)/t8-,10+,11-/m0/s1. The fraction of sp³-hybridized carbons (Fsp3) is 0.571. The van der Waals surface area contributed by atoms with Crippen LogP contribution in [0.4, 0.5) is 0 Å². The maximum absolute atomic E-state index is 12.6. The molecular formula is C14H16BrNO4. The first-order valence-electron chi connectivity index (χ1n) is 6.87. The van der Waals surface area contributed by atoms with Gasteiger partial charge in [-0.05, 0) is 41.1 Å². The summed E-state index contributed by atoms with van der Waals surface area (Å²) in [5.41, 5.74) is 0.411. The number of halogens is 1. The summed E-state index contributed by atoms with van der Waals surface area (Å²) in [5.74, 6) is -0.819. The van der Waals surface area contributed by atoms with Crippen LogP contribution >= 0.6 is 15.9 Å². The maximum atomic E-state index is 12.6. The second-order valence-corrected chi connectivity index (χ2v) is 6.34. The van der Waals surface area contributed by atoms with Crippen LogP contribution < -0.4 is 0 Å². The van der Waals surface area contributed by atoms with Gasteiger partial charge in [-0.15, -0.1) is 0 Å². The van der Waals surface area contributed by atoms with Crippen LogP contribution in [-0.2, 0) is 4.79 Å². The van der Waals surface area contributed by atoms with Crippen LogP contribution in [0.1, 0.15) is 42.5 Å². The molecule has 5 nitrogen and oxygen atoms in total. The van der Waals surface area contributed by atoms with E-state index in [1.165, 1.54) is 6.26 Å².